The SMILES string of the molecule is CCOC(=O)Cn1ncc2ncc(-c3ccc(Cl)c(C(C)(F)F)c3)cc21. The van der Waals surface area contributed by atoms with Crippen LogP contribution in [0.4, 0.5) is 8.78 Å². The van der Waals surface area contributed by atoms with Crippen molar-refractivity contribution in [2.45, 2.75) is 26.3 Å². The number of ether oxygens (including phenoxy) is 1. The van der Waals surface area contributed by atoms with Gasteiger partial charge in [0.15, 0.2) is 0 Å². The van der Waals surface area contributed by atoms with Crippen molar-refractivity contribution in [1.29, 1.82) is 0 Å². The van der Waals surface area contributed by atoms with Crippen LogP contribution in [0.25, 0.3) is 22.2 Å². The summed E-state index contributed by atoms with van der Waals surface area (Å²) in [5.74, 6) is -3.47. The van der Waals surface area contributed by atoms with E-state index in [1.807, 2.05) is 0 Å². The minimum atomic E-state index is -3.06. The number of pyridine rings is 1. The van der Waals surface area contributed by atoms with Gasteiger partial charge in [-0.1, -0.05) is 17.7 Å². The number of benzene rings is 1. The molecule has 2 heterocycles. The van der Waals surface area contributed by atoms with Crippen LogP contribution in [0.5, 0.6) is 0 Å². The van der Waals surface area contributed by atoms with E-state index in [1.165, 1.54) is 23.0 Å². The van der Waals surface area contributed by atoms with Crippen LogP contribution in [-0.4, -0.2) is 27.3 Å². The average molecular weight is 380 g/mol. The van der Waals surface area contributed by atoms with Gasteiger partial charge in [0.05, 0.1) is 18.3 Å². The van der Waals surface area contributed by atoms with E-state index in [9.17, 15) is 13.6 Å². The Labute approximate surface area is 153 Å². The Hall–Kier alpha value is -2.54. The summed E-state index contributed by atoms with van der Waals surface area (Å²) in [5.41, 5.74) is 2.11. The van der Waals surface area contributed by atoms with E-state index in [0.29, 0.717) is 22.2 Å². The summed E-state index contributed by atoms with van der Waals surface area (Å²) in [6, 6.07) is 6.17. The number of carbonyl (C=O) groups excluding carboxylic acids is 1. The van der Waals surface area contributed by atoms with Gasteiger partial charge in [-0.3, -0.25) is 14.5 Å². The molecule has 8 heteroatoms. The van der Waals surface area contributed by atoms with Gasteiger partial charge in [-0.25, -0.2) is 8.78 Å². The first kappa shape index (κ1) is 18.3. The van der Waals surface area contributed by atoms with Crippen molar-refractivity contribution in [2.75, 3.05) is 6.61 Å². The molecule has 0 bridgehead atoms. The topological polar surface area (TPSA) is 57.0 Å². The molecule has 3 rings (SSSR count). The molecule has 0 unspecified atom stereocenters. The molecule has 2 aromatic heterocycles. The molecular weight excluding hydrogens is 364 g/mol. The maximum atomic E-state index is 13.7. The molecule has 1 aromatic carbocycles. The second-order valence-electron chi connectivity index (χ2n) is 5.82. The van der Waals surface area contributed by atoms with E-state index < -0.39 is 11.9 Å². The zero-order chi connectivity index (χ0) is 18.9. The van der Waals surface area contributed by atoms with Crippen LogP contribution < -0.4 is 0 Å². The largest absolute Gasteiger partial charge is 0.465 e. The van der Waals surface area contributed by atoms with Crippen molar-refractivity contribution >= 4 is 28.6 Å². The highest BCUT2D eigenvalue weighted by Crippen LogP contribution is 2.36. The zero-order valence-corrected chi connectivity index (χ0v) is 14.9. The van der Waals surface area contributed by atoms with Crippen LogP contribution in [-0.2, 0) is 22.0 Å². The molecular formula is C18H16ClF2N3O2. The summed E-state index contributed by atoms with van der Waals surface area (Å²) in [4.78, 5) is 16.0. The first-order valence-corrected chi connectivity index (χ1v) is 8.33. The van der Waals surface area contributed by atoms with Crippen molar-refractivity contribution in [2.24, 2.45) is 0 Å². The number of nitrogens with zero attached hydrogens (tertiary/aromatic N) is 3. The predicted octanol–water partition coefficient (Wildman–Crippen LogP) is 4.43. The summed E-state index contributed by atoms with van der Waals surface area (Å²) in [5, 5.41) is 4.14. The molecule has 0 atom stereocenters. The fourth-order valence-electron chi connectivity index (χ4n) is 2.61. The molecule has 3 aromatic rings. The van der Waals surface area contributed by atoms with Crippen LogP contribution >= 0.6 is 11.6 Å². The first-order valence-electron chi connectivity index (χ1n) is 7.95. The normalized spacial score (nSPS) is 11.7. The fourth-order valence-corrected chi connectivity index (χ4v) is 2.89. The van der Waals surface area contributed by atoms with Crippen LogP contribution in [0, 0.1) is 0 Å². The number of aromatic nitrogens is 3. The minimum absolute atomic E-state index is 0.00244. The molecule has 5 nitrogen and oxygen atoms in total. The molecule has 0 saturated carbocycles. The lowest BCUT2D eigenvalue weighted by Crippen LogP contribution is -2.14. The third-order valence-corrected chi connectivity index (χ3v) is 4.18. The van der Waals surface area contributed by atoms with Gasteiger partial charge in [0, 0.05) is 29.3 Å². The summed E-state index contributed by atoms with van der Waals surface area (Å²) < 4.78 is 33.9. The molecule has 0 spiro atoms. The first-order chi connectivity index (χ1) is 12.3. The van der Waals surface area contributed by atoms with Gasteiger partial charge in [0.1, 0.15) is 12.1 Å². The lowest BCUT2D eigenvalue weighted by Gasteiger charge is -2.14. The summed E-state index contributed by atoms with van der Waals surface area (Å²) in [7, 11) is 0. The van der Waals surface area contributed by atoms with Crippen molar-refractivity contribution in [3.8, 4) is 11.1 Å². The number of alkyl halides is 2. The van der Waals surface area contributed by atoms with Crippen LogP contribution in [0.1, 0.15) is 19.4 Å². The molecule has 0 radical (unpaired) electrons. The van der Waals surface area contributed by atoms with Gasteiger partial charge < -0.3 is 4.74 Å². The molecule has 0 N–H and O–H groups in total. The van der Waals surface area contributed by atoms with Gasteiger partial charge in [0.25, 0.3) is 5.92 Å². The van der Waals surface area contributed by atoms with Crippen molar-refractivity contribution in [3.63, 3.8) is 0 Å². The maximum Gasteiger partial charge on any atom is 0.327 e. The number of halogens is 3. The maximum absolute atomic E-state index is 13.7. The number of rotatable bonds is 5. The van der Waals surface area contributed by atoms with Crippen molar-refractivity contribution < 1.29 is 18.3 Å². The van der Waals surface area contributed by atoms with E-state index in [2.05, 4.69) is 10.1 Å². The summed E-state index contributed by atoms with van der Waals surface area (Å²) in [6.45, 7) is 2.75. The second kappa shape index (κ2) is 6.99. The fraction of sp³-hybridized carbons (Fsp3) is 0.278. The Balaban J connectivity index is 2.03. The van der Waals surface area contributed by atoms with Gasteiger partial charge in [-0.15, -0.1) is 0 Å². The average Bonchev–Trinajstić information content (AvgIpc) is 2.96. The lowest BCUT2D eigenvalue weighted by atomic mass is 10.0. The number of hydrogen-bond acceptors (Lipinski definition) is 4. The molecule has 0 aliphatic carbocycles. The van der Waals surface area contributed by atoms with E-state index in [-0.39, 0.29) is 23.7 Å². The van der Waals surface area contributed by atoms with Crippen LogP contribution in [0.3, 0.4) is 0 Å². The Kier molecular flexibility index (Phi) is 4.91. The quantitative estimate of drug-likeness (QED) is 0.615. The Morgan fingerprint density at radius 2 is 2.04 bits per heavy atom. The smallest absolute Gasteiger partial charge is 0.327 e. The predicted molar refractivity (Wildman–Crippen MR) is 94.2 cm³/mol. The van der Waals surface area contributed by atoms with E-state index in [4.69, 9.17) is 16.3 Å². The third kappa shape index (κ3) is 3.67. The highest BCUT2D eigenvalue weighted by Gasteiger charge is 2.27. The van der Waals surface area contributed by atoms with Crippen molar-refractivity contribution in [1.82, 2.24) is 14.8 Å². The summed E-state index contributed by atoms with van der Waals surface area (Å²) >= 11 is 5.90. The van der Waals surface area contributed by atoms with Gasteiger partial charge in [0.2, 0.25) is 0 Å². The second-order valence-corrected chi connectivity index (χ2v) is 6.23. The van der Waals surface area contributed by atoms with Crippen LogP contribution in [0.2, 0.25) is 5.02 Å². The molecule has 0 aliphatic rings. The lowest BCUT2D eigenvalue weighted by molar-refractivity contribution is -0.143. The van der Waals surface area contributed by atoms with E-state index >= 15 is 0 Å². The minimum Gasteiger partial charge on any atom is -0.465 e. The molecule has 0 amide bonds. The Bertz CT molecular complexity index is 967. The van der Waals surface area contributed by atoms with Gasteiger partial charge in [-0.05, 0) is 30.7 Å². The highest BCUT2D eigenvalue weighted by atomic mass is 35.5. The van der Waals surface area contributed by atoms with Gasteiger partial charge in [-0.2, -0.15) is 5.10 Å². The van der Waals surface area contributed by atoms with E-state index in [1.54, 1.807) is 25.3 Å². The molecule has 136 valence electrons. The number of fused-ring (bicyclic) bond motifs is 1. The van der Waals surface area contributed by atoms with E-state index in [0.717, 1.165) is 6.92 Å². The zero-order valence-electron chi connectivity index (χ0n) is 14.2. The monoisotopic (exact) mass is 379 g/mol. The number of esters is 1. The Morgan fingerprint density at radius 3 is 2.73 bits per heavy atom. The third-order valence-electron chi connectivity index (χ3n) is 3.85. The van der Waals surface area contributed by atoms with Crippen LogP contribution in [0.15, 0.2) is 36.7 Å². The molecule has 26 heavy (non-hydrogen) atoms. The molecule has 0 aliphatic heterocycles. The number of hydrogen-bond donors (Lipinski definition) is 0. The summed E-state index contributed by atoms with van der Waals surface area (Å²) in [6.07, 6.45) is 3.10. The standard InChI is InChI=1S/C18H16ClF2N3O2/c1-3-26-17(25)10-24-16-7-12(8-22-15(16)9-23-24)11-4-5-14(19)13(6-11)18(2,20)21/h4-9H,3,10H2,1-2H3. The number of carbonyl (C=O) groups is 1. The highest BCUT2D eigenvalue weighted by molar-refractivity contribution is 6.31. The van der Waals surface area contributed by atoms with Crippen molar-refractivity contribution in [3.05, 3.63) is 47.2 Å². The Morgan fingerprint density at radius 1 is 1.27 bits per heavy atom. The molecule has 0 fully saturated rings. The molecule has 0 saturated heterocycles. The van der Waals surface area contributed by atoms with Gasteiger partial charge >= 0.3 is 5.97 Å².